The molecule has 0 spiro atoms. The van der Waals surface area contributed by atoms with Crippen molar-refractivity contribution in [2.75, 3.05) is 0 Å². The molecule has 0 unspecified atom stereocenters. The first kappa shape index (κ1) is 18.3. The molecule has 1 aliphatic heterocycles. The molecule has 3 aromatic rings. The van der Waals surface area contributed by atoms with Gasteiger partial charge in [0.05, 0.1) is 23.2 Å². The number of hydrogen-bond donors (Lipinski definition) is 0. The highest BCUT2D eigenvalue weighted by Gasteiger charge is 2.36. The zero-order chi connectivity index (χ0) is 19.7. The van der Waals surface area contributed by atoms with Crippen molar-refractivity contribution in [1.82, 2.24) is 14.5 Å². The monoisotopic (exact) mass is 413 g/mol. The van der Waals surface area contributed by atoms with E-state index in [-0.39, 0.29) is 35.7 Å². The summed E-state index contributed by atoms with van der Waals surface area (Å²) in [6, 6.07) is 13.5. The summed E-state index contributed by atoms with van der Waals surface area (Å²) in [6.07, 6.45) is 0. The van der Waals surface area contributed by atoms with Crippen LogP contribution in [0.3, 0.4) is 0 Å². The van der Waals surface area contributed by atoms with Gasteiger partial charge in [-0.3, -0.25) is 14.5 Å². The van der Waals surface area contributed by atoms with Gasteiger partial charge < -0.3 is 4.74 Å². The molecule has 0 bridgehead atoms. The van der Waals surface area contributed by atoms with Gasteiger partial charge in [-0.15, -0.1) is 5.10 Å². The third kappa shape index (κ3) is 3.39. The summed E-state index contributed by atoms with van der Waals surface area (Å²) in [5.41, 5.74) is 1.82. The number of ether oxygens (including phenoxy) is 1. The molecule has 7 nitrogen and oxygen atoms in total. The number of rotatable bonds is 5. The lowest BCUT2D eigenvalue weighted by Gasteiger charge is -2.13. The average molecular weight is 414 g/mol. The van der Waals surface area contributed by atoms with Crippen LogP contribution in [0.1, 0.15) is 42.3 Å². The van der Waals surface area contributed by atoms with E-state index >= 15 is 0 Å². The van der Waals surface area contributed by atoms with E-state index in [0.717, 1.165) is 22.0 Å². The maximum atomic E-state index is 12.7. The molecule has 0 N–H and O–H groups in total. The number of halogens is 1. The Hall–Kier alpha value is -3.10. The number of amides is 2. The molecule has 0 saturated carbocycles. The molecule has 1 aromatic heterocycles. The Morgan fingerprint density at radius 1 is 1.07 bits per heavy atom. The molecule has 1 aliphatic rings. The minimum Gasteiger partial charge on any atom is -0.455 e. The first-order chi connectivity index (χ1) is 13.5. The summed E-state index contributed by atoms with van der Waals surface area (Å²) in [7, 11) is 0. The van der Waals surface area contributed by atoms with Gasteiger partial charge in [0, 0.05) is 11.5 Å². The lowest BCUT2D eigenvalue weighted by molar-refractivity contribution is 0.0467. The number of aromatic nitrogens is 2. The standard InChI is InChI=1S/C19H12ClN3O4S/c20-16-15(21-22-28-16)10-27-19(26)12-6-7-13-14(8-12)18(25)23(17(13)24)9-11-4-2-1-3-5-11/h1-8H,9-10H2. The lowest BCUT2D eigenvalue weighted by Crippen LogP contribution is -2.29. The predicted octanol–water partition coefficient (Wildman–Crippen LogP) is 3.34. The average Bonchev–Trinajstić information content (AvgIpc) is 3.23. The van der Waals surface area contributed by atoms with E-state index in [1.54, 1.807) is 0 Å². The molecule has 0 fully saturated rings. The summed E-state index contributed by atoms with van der Waals surface area (Å²) in [6.45, 7) is 0.0422. The van der Waals surface area contributed by atoms with E-state index < -0.39 is 11.9 Å². The molecule has 2 amide bonds. The van der Waals surface area contributed by atoms with E-state index in [0.29, 0.717) is 10.0 Å². The number of hydrogen-bond acceptors (Lipinski definition) is 7. The van der Waals surface area contributed by atoms with Gasteiger partial charge in [-0.25, -0.2) is 4.79 Å². The Morgan fingerprint density at radius 2 is 1.82 bits per heavy atom. The minimum atomic E-state index is -0.645. The van der Waals surface area contributed by atoms with Crippen molar-refractivity contribution in [2.45, 2.75) is 13.2 Å². The van der Waals surface area contributed by atoms with Crippen molar-refractivity contribution < 1.29 is 19.1 Å². The number of imide groups is 1. The molecular weight excluding hydrogens is 402 g/mol. The predicted molar refractivity (Wildman–Crippen MR) is 101 cm³/mol. The third-order valence-corrected chi connectivity index (χ3v) is 5.22. The summed E-state index contributed by atoms with van der Waals surface area (Å²) in [4.78, 5) is 38.7. The van der Waals surface area contributed by atoms with Gasteiger partial charge in [-0.2, -0.15) is 0 Å². The number of fused-ring (bicyclic) bond motifs is 1. The van der Waals surface area contributed by atoms with Crippen LogP contribution >= 0.6 is 23.1 Å². The van der Waals surface area contributed by atoms with Crippen molar-refractivity contribution in [2.24, 2.45) is 0 Å². The summed E-state index contributed by atoms with van der Waals surface area (Å²) >= 11 is 6.87. The molecule has 28 heavy (non-hydrogen) atoms. The number of carbonyl (C=O) groups is 3. The van der Waals surface area contributed by atoms with Gasteiger partial charge in [0.25, 0.3) is 11.8 Å². The number of carbonyl (C=O) groups excluding carboxylic acids is 3. The van der Waals surface area contributed by atoms with Crippen LogP contribution in [0.5, 0.6) is 0 Å². The van der Waals surface area contributed by atoms with Gasteiger partial charge in [0.1, 0.15) is 16.6 Å². The van der Waals surface area contributed by atoms with Gasteiger partial charge in [-0.1, -0.05) is 46.4 Å². The fourth-order valence-corrected chi connectivity index (χ4v) is 3.43. The first-order valence-corrected chi connectivity index (χ1v) is 9.38. The van der Waals surface area contributed by atoms with E-state index in [9.17, 15) is 14.4 Å². The largest absolute Gasteiger partial charge is 0.455 e. The minimum absolute atomic E-state index is 0.127. The van der Waals surface area contributed by atoms with E-state index in [1.807, 2.05) is 30.3 Å². The quantitative estimate of drug-likeness (QED) is 0.470. The normalized spacial score (nSPS) is 13.0. The molecule has 140 valence electrons. The molecule has 4 rings (SSSR count). The second-order valence-electron chi connectivity index (χ2n) is 6.01. The second-order valence-corrected chi connectivity index (χ2v) is 7.37. The molecular formula is C19H12ClN3O4S. The van der Waals surface area contributed by atoms with Gasteiger partial charge in [0.2, 0.25) is 0 Å². The Balaban J connectivity index is 1.51. The highest BCUT2D eigenvalue weighted by atomic mass is 35.5. The maximum Gasteiger partial charge on any atom is 0.338 e. The number of benzene rings is 2. The second kappa shape index (κ2) is 7.49. The summed E-state index contributed by atoms with van der Waals surface area (Å²) in [5, 5.41) is 3.76. The van der Waals surface area contributed by atoms with Crippen molar-refractivity contribution in [3.05, 3.63) is 80.8 Å². The van der Waals surface area contributed by atoms with E-state index in [2.05, 4.69) is 9.59 Å². The zero-order valence-electron chi connectivity index (χ0n) is 14.3. The van der Waals surface area contributed by atoms with E-state index in [4.69, 9.17) is 16.3 Å². The van der Waals surface area contributed by atoms with Gasteiger partial charge in [0.15, 0.2) is 0 Å². The van der Waals surface area contributed by atoms with Crippen LogP contribution < -0.4 is 0 Å². The lowest BCUT2D eigenvalue weighted by atomic mass is 10.1. The Bertz CT molecular complexity index is 1080. The topological polar surface area (TPSA) is 89.5 Å². The fraction of sp³-hybridized carbons (Fsp3) is 0.105. The molecule has 2 heterocycles. The van der Waals surface area contributed by atoms with Crippen LogP contribution in [0, 0.1) is 0 Å². The SMILES string of the molecule is O=C(OCc1nnsc1Cl)c1ccc2c(c1)C(=O)N(Cc1ccccc1)C2=O. The van der Waals surface area contributed by atoms with Crippen LogP contribution in [-0.4, -0.2) is 32.3 Å². The maximum absolute atomic E-state index is 12.7. The third-order valence-electron chi connectivity index (χ3n) is 4.24. The first-order valence-electron chi connectivity index (χ1n) is 8.22. The van der Waals surface area contributed by atoms with Crippen LogP contribution in [0.15, 0.2) is 48.5 Å². The molecule has 9 heteroatoms. The smallest absolute Gasteiger partial charge is 0.338 e. The van der Waals surface area contributed by atoms with Gasteiger partial charge in [-0.05, 0) is 23.8 Å². The highest BCUT2D eigenvalue weighted by molar-refractivity contribution is 7.10. The Morgan fingerprint density at radius 3 is 2.54 bits per heavy atom. The highest BCUT2D eigenvalue weighted by Crippen LogP contribution is 2.26. The Kier molecular flexibility index (Phi) is 4.89. The van der Waals surface area contributed by atoms with Crippen molar-refractivity contribution in [1.29, 1.82) is 0 Å². The molecule has 0 atom stereocenters. The molecule has 0 saturated heterocycles. The molecule has 2 aromatic carbocycles. The van der Waals surface area contributed by atoms with Crippen LogP contribution in [0.2, 0.25) is 4.34 Å². The van der Waals surface area contributed by atoms with Gasteiger partial charge >= 0.3 is 5.97 Å². The zero-order valence-corrected chi connectivity index (χ0v) is 15.9. The fourth-order valence-electron chi connectivity index (χ4n) is 2.83. The molecule has 0 aliphatic carbocycles. The van der Waals surface area contributed by atoms with Crippen LogP contribution in [-0.2, 0) is 17.9 Å². The van der Waals surface area contributed by atoms with Crippen molar-refractivity contribution in [3.63, 3.8) is 0 Å². The van der Waals surface area contributed by atoms with Crippen molar-refractivity contribution in [3.8, 4) is 0 Å². The number of esters is 1. The Labute approximate surface area is 168 Å². The number of nitrogens with zero attached hydrogens (tertiary/aromatic N) is 3. The van der Waals surface area contributed by atoms with E-state index in [1.165, 1.54) is 18.2 Å². The van der Waals surface area contributed by atoms with Crippen LogP contribution in [0.25, 0.3) is 0 Å². The summed E-state index contributed by atoms with van der Waals surface area (Å²) < 4.78 is 9.18. The van der Waals surface area contributed by atoms with Crippen LogP contribution in [0.4, 0.5) is 0 Å². The summed E-state index contributed by atoms with van der Waals surface area (Å²) in [5.74, 6) is -1.47. The van der Waals surface area contributed by atoms with Crippen molar-refractivity contribution >= 4 is 40.9 Å². The molecule has 0 radical (unpaired) electrons.